The summed E-state index contributed by atoms with van der Waals surface area (Å²) < 4.78 is 0. The summed E-state index contributed by atoms with van der Waals surface area (Å²) in [5, 5.41) is 2.96. The maximum atomic E-state index is 11.7. The fourth-order valence-electron chi connectivity index (χ4n) is 1.69. The first-order valence-electron chi connectivity index (χ1n) is 5.96. The highest BCUT2D eigenvalue weighted by molar-refractivity contribution is 7.80. The summed E-state index contributed by atoms with van der Waals surface area (Å²) >= 11 is 4.90. The SMILES string of the molecule is CN(CC(=O)NC1CC1)c1ccc(C(N)=S)cc1. The Morgan fingerprint density at radius 1 is 1.44 bits per heavy atom. The number of nitrogens with zero attached hydrogens (tertiary/aromatic N) is 1. The maximum Gasteiger partial charge on any atom is 0.239 e. The van der Waals surface area contributed by atoms with Gasteiger partial charge in [0.2, 0.25) is 5.91 Å². The number of carbonyl (C=O) groups excluding carboxylic acids is 1. The lowest BCUT2D eigenvalue weighted by molar-refractivity contribution is -0.119. The Morgan fingerprint density at radius 3 is 2.56 bits per heavy atom. The number of hydrogen-bond donors (Lipinski definition) is 2. The van der Waals surface area contributed by atoms with E-state index >= 15 is 0 Å². The van der Waals surface area contributed by atoms with E-state index in [-0.39, 0.29) is 5.91 Å². The molecular weight excluding hydrogens is 246 g/mol. The van der Waals surface area contributed by atoms with Gasteiger partial charge in [-0.05, 0) is 37.1 Å². The highest BCUT2D eigenvalue weighted by Crippen LogP contribution is 2.19. The van der Waals surface area contributed by atoms with Gasteiger partial charge in [-0.25, -0.2) is 0 Å². The van der Waals surface area contributed by atoms with Crippen molar-refractivity contribution in [3.8, 4) is 0 Å². The Hall–Kier alpha value is -1.62. The molecule has 0 atom stereocenters. The number of nitrogens with two attached hydrogens (primary N) is 1. The zero-order valence-electron chi connectivity index (χ0n) is 10.3. The number of amides is 1. The van der Waals surface area contributed by atoms with Gasteiger partial charge < -0.3 is 16.0 Å². The predicted octanol–water partition coefficient (Wildman–Crippen LogP) is 1.04. The molecule has 1 amide bonds. The second-order valence-electron chi connectivity index (χ2n) is 4.61. The Labute approximate surface area is 112 Å². The van der Waals surface area contributed by atoms with Gasteiger partial charge in [0.1, 0.15) is 4.99 Å². The number of carbonyl (C=O) groups is 1. The summed E-state index contributed by atoms with van der Waals surface area (Å²) in [6.45, 7) is 0.364. The van der Waals surface area contributed by atoms with Gasteiger partial charge in [0, 0.05) is 24.3 Å². The number of thiocarbonyl (C=S) groups is 1. The zero-order valence-corrected chi connectivity index (χ0v) is 11.2. The van der Waals surface area contributed by atoms with Gasteiger partial charge in [0.15, 0.2) is 0 Å². The molecule has 5 heteroatoms. The lowest BCUT2D eigenvalue weighted by Gasteiger charge is -2.19. The van der Waals surface area contributed by atoms with Gasteiger partial charge in [0.25, 0.3) is 0 Å². The first-order valence-corrected chi connectivity index (χ1v) is 6.37. The van der Waals surface area contributed by atoms with Gasteiger partial charge in [-0.2, -0.15) is 0 Å². The van der Waals surface area contributed by atoms with Crippen LogP contribution in [0.3, 0.4) is 0 Å². The van der Waals surface area contributed by atoms with Gasteiger partial charge in [-0.1, -0.05) is 12.2 Å². The average Bonchev–Trinajstić information content (AvgIpc) is 3.12. The summed E-state index contributed by atoms with van der Waals surface area (Å²) in [7, 11) is 1.89. The Morgan fingerprint density at radius 2 is 2.06 bits per heavy atom. The lowest BCUT2D eigenvalue weighted by Crippen LogP contribution is -2.36. The van der Waals surface area contributed by atoms with Gasteiger partial charge in [-0.3, -0.25) is 4.79 Å². The van der Waals surface area contributed by atoms with Crippen molar-refractivity contribution in [2.45, 2.75) is 18.9 Å². The molecule has 1 aliphatic carbocycles. The van der Waals surface area contributed by atoms with E-state index in [0.717, 1.165) is 24.1 Å². The normalized spacial score (nSPS) is 14.1. The summed E-state index contributed by atoms with van der Waals surface area (Å²) in [5.41, 5.74) is 7.35. The van der Waals surface area contributed by atoms with Crippen LogP contribution in [-0.2, 0) is 4.79 Å². The number of rotatable bonds is 5. The van der Waals surface area contributed by atoms with E-state index in [1.165, 1.54) is 0 Å². The minimum Gasteiger partial charge on any atom is -0.389 e. The molecule has 4 nitrogen and oxygen atoms in total. The van der Waals surface area contributed by atoms with Crippen molar-refractivity contribution in [1.29, 1.82) is 0 Å². The number of anilines is 1. The molecule has 1 aromatic carbocycles. The molecule has 1 aliphatic rings. The minimum atomic E-state index is 0.0680. The summed E-state index contributed by atoms with van der Waals surface area (Å²) in [6.07, 6.45) is 2.22. The molecule has 2 rings (SSSR count). The highest BCUT2D eigenvalue weighted by Gasteiger charge is 2.23. The Bertz CT molecular complexity index is 454. The van der Waals surface area contributed by atoms with Crippen molar-refractivity contribution in [1.82, 2.24) is 5.32 Å². The number of likely N-dealkylation sites (N-methyl/N-ethyl adjacent to an activating group) is 1. The van der Waals surface area contributed by atoms with Gasteiger partial charge >= 0.3 is 0 Å². The molecule has 0 spiro atoms. The van der Waals surface area contributed by atoms with Crippen molar-refractivity contribution in [3.63, 3.8) is 0 Å². The van der Waals surface area contributed by atoms with E-state index in [0.29, 0.717) is 17.6 Å². The summed E-state index contributed by atoms with van der Waals surface area (Å²) in [5.74, 6) is 0.0680. The van der Waals surface area contributed by atoms with Crippen molar-refractivity contribution in [2.24, 2.45) is 5.73 Å². The third-order valence-corrected chi connectivity index (χ3v) is 3.15. The number of nitrogens with one attached hydrogen (secondary N) is 1. The van der Waals surface area contributed by atoms with E-state index in [4.69, 9.17) is 18.0 Å². The molecule has 0 saturated heterocycles. The number of hydrogen-bond acceptors (Lipinski definition) is 3. The number of benzene rings is 1. The Kier molecular flexibility index (Phi) is 3.81. The molecule has 18 heavy (non-hydrogen) atoms. The molecule has 3 N–H and O–H groups in total. The van der Waals surface area contributed by atoms with Crippen LogP contribution in [0.15, 0.2) is 24.3 Å². The van der Waals surface area contributed by atoms with Crippen LogP contribution in [0.25, 0.3) is 0 Å². The molecule has 1 fully saturated rings. The average molecular weight is 263 g/mol. The molecule has 1 saturated carbocycles. The van der Waals surface area contributed by atoms with Gasteiger partial charge in [0.05, 0.1) is 6.54 Å². The molecule has 96 valence electrons. The summed E-state index contributed by atoms with van der Waals surface area (Å²) in [4.78, 5) is 13.9. The van der Waals surface area contributed by atoms with Crippen molar-refractivity contribution >= 4 is 28.8 Å². The predicted molar refractivity (Wildman–Crippen MR) is 76.8 cm³/mol. The van der Waals surface area contributed by atoms with Crippen LogP contribution in [0.1, 0.15) is 18.4 Å². The van der Waals surface area contributed by atoms with Crippen LogP contribution in [-0.4, -0.2) is 30.5 Å². The molecule has 0 bridgehead atoms. The highest BCUT2D eigenvalue weighted by atomic mass is 32.1. The van der Waals surface area contributed by atoms with E-state index in [2.05, 4.69) is 5.32 Å². The molecular formula is C13H17N3OS. The quantitative estimate of drug-likeness (QED) is 0.779. The van der Waals surface area contributed by atoms with Crippen LogP contribution in [0.5, 0.6) is 0 Å². The smallest absolute Gasteiger partial charge is 0.239 e. The van der Waals surface area contributed by atoms with E-state index in [9.17, 15) is 4.79 Å². The van der Waals surface area contributed by atoms with Gasteiger partial charge in [-0.15, -0.1) is 0 Å². The van der Waals surface area contributed by atoms with Crippen LogP contribution >= 0.6 is 12.2 Å². The monoisotopic (exact) mass is 263 g/mol. The molecule has 0 unspecified atom stereocenters. The van der Waals surface area contributed by atoms with E-state index in [1.54, 1.807) is 0 Å². The van der Waals surface area contributed by atoms with Crippen molar-refractivity contribution in [3.05, 3.63) is 29.8 Å². The third kappa shape index (κ3) is 3.43. The van der Waals surface area contributed by atoms with Crippen LogP contribution in [0, 0.1) is 0 Å². The molecule has 0 radical (unpaired) electrons. The van der Waals surface area contributed by atoms with E-state index in [1.807, 2.05) is 36.2 Å². The third-order valence-electron chi connectivity index (χ3n) is 2.92. The Balaban J connectivity index is 1.92. The van der Waals surface area contributed by atoms with Crippen molar-refractivity contribution < 1.29 is 4.79 Å². The van der Waals surface area contributed by atoms with E-state index < -0.39 is 0 Å². The second-order valence-corrected chi connectivity index (χ2v) is 5.05. The fraction of sp³-hybridized carbons (Fsp3) is 0.385. The zero-order chi connectivity index (χ0) is 13.1. The van der Waals surface area contributed by atoms with Crippen LogP contribution in [0.4, 0.5) is 5.69 Å². The molecule has 0 heterocycles. The molecule has 0 aromatic heterocycles. The largest absolute Gasteiger partial charge is 0.389 e. The minimum absolute atomic E-state index is 0.0680. The maximum absolute atomic E-state index is 11.7. The standard InChI is InChI=1S/C13H17N3OS/c1-16(8-12(17)15-10-4-5-10)11-6-2-9(3-7-11)13(14)18/h2-3,6-7,10H,4-5,8H2,1H3,(H2,14,18)(H,15,17). The first kappa shape index (κ1) is 12.8. The molecule has 1 aromatic rings. The van der Waals surface area contributed by atoms with Crippen molar-refractivity contribution in [2.75, 3.05) is 18.5 Å². The van der Waals surface area contributed by atoms with Crippen LogP contribution < -0.4 is 16.0 Å². The first-order chi connectivity index (χ1) is 8.56. The van der Waals surface area contributed by atoms with Crippen LogP contribution in [0.2, 0.25) is 0 Å². The lowest BCUT2D eigenvalue weighted by atomic mass is 10.2. The summed E-state index contributed by atoms with van der Waals surface area (Å²) in [6, 6.07) is 7.97. The fourth-order valence-corrected chi connectivity index (χ4v) is 1.82. The topological polar surface area (TPSA) is 58.4 Å². The molecule has 0 aliphatic heterocycles. The second kappa shape index (κ2) is 5.35.